The molecule has 0 radical (unpaired) electrons. The van der Waals surface area contributed by atoms with Gasteiger partial charge in [0.2, 0.25) is 0 Å². The van der Waals surface area contributed by atoms with Crippen molar-refractivity contribution in [2.75, 3.05) is 0 Å². The Labute approximate surface area is 102 Å². The first-order valence-electron chi connectivity index (χ1n) is 5.83. The minimum Gasteiger partial charge on any atom is -0.386 e. The molecule has 1 aromatic carbocycles. The Morgan fingerprint density at radius 1 is 1.18 bits per heavy atom. The molecular weight excluding hydrogens is 212 g/mol. The predicted molar refractivity (Wildman–Crippen MR) is 67.8 cm³/mol. The predicted octanol–water partition coefficient (Wildman–Crippen LogP) is 2.54. The molecule has 0 aliphatic rings. The molecule has 1 aromatic heterocycles. The van der Waals surface area contributed by atoms with Crippen LogP contribution in [-0.4, -0.2) is 14.9 Å². The number of aliphatic hydroxyl groups is 1. The molecule has 3 heteroatoms. The van der Waals surface area contributed by atoms with Crippen LogP contribution >= 0.6 is 0 Å². The fraction of sp³-hybridized carbons (Fsp3) is 0.357. The molecule has 0 aliphatic heterocycles. The number of aromatic nitrogens is 2. The number of aliphatic hydroxyl groups excluding tert-OH is 1. The molecule has 3 nitrogen and oxygen atoms in total. The normalized spacial score (nSPS) is 12.7. The van der Waals surface area contributed by atoms with Crippen molar-refractivity contribution in [3.8, 4) is 0 Å². The Bertz CT molecular complexity index is 502. The lowest BCUT2D eigenvalue weighted by Crippen LogP contribution is -2.11. The van der Waals surface area contributed by atoms with Gasteiger partial charge in [-0.25, -0.2) is 0 Å². The van der Waals surface area contributed by atoms with Crippen molar-refractivity contribution in [2.24, 2.45) is 0 Å². The second-order valence-corrected chi connectivity index (χ2v) is 4.40. The highest BCUT2D eigenvalue weighted by Crippen LogP contribution is 2.17. The summed E-state index contributed by atoms with van der Waals surface area (Å²) in [6.07, 6.45) is -0.506. The zero-order chi connectivity index (χ0) is 12.4. The molecule has 0 amide bonds. The van der Waals surface area contributed by atoms with Crippen LogP contribution in [0.15, 0.2) is 30.3 Å². The van der Waals surface area contributed by atoms with E-state index >= 15 is 0 Å². The van der Waals surface area contributed by atoms with Crippen LogP contribution in [0.2, 0.25) is 0 Å². The SMILES string of the molecule is Cc1nn(CC(O)c2ccccc2)c(C)c1C. The zero-order valence-electron chi connectivity index (χ0n) is 10.5. The van der Waals surface area contributed by atoms with Gasteiger partial charge in [-0.15, -0.1) is 0 Å². The molecule has 0 bridgehead atoms. The standard InChI is InChI=1S/C14H18N2O/c1-10-11(2)15-16(12(10)3)9-14(17)13-7-5-4-6-8-13/h4-8,14,17H,9H2,1-3H3. The fourth-order valence-corrected chi connectivity index (χ4v) is 1.91. The minimum atomic E-state index is -0.506. The molecule has 0 saturated heterocycles. The number of nitrogens with zero attached hydrogens (tertiary/aromatic N) is 2. The lowest BCUT2D eigenvalue weighted by Gasteiger charge is -2.12. The molecule has 2 aromatic rings. The van der Waals surface area contributed by atoms with E-state index in [1.807, 2.05) is 48.9 Å². The van der Waals surface area contributed by atoms with Gasteiger partial charge in [0.25, 0.3) is 0 Å². The van der Waals surface area contributed by atoms with Gasteiger partial charge in [-0.1, -0.05) is 30.3 Å². The van der Waals surface area contributed by atoms with E-state index in [1.165, 1.54) is 5.56 Å². The third-order valence-corrected chi connectivity index (χ3v) is 3.27. The number of hydrogen-bond donors (Lipinski definition) is 1. The van der Waals surface area contributed by atoms with Gasteiger partial charge in [0.05, 0.1) is 18.3 Å². The van der Waals surface area contributed by atoms with Crippen LogP contribution in [0, 0.1) is 20.8 Å². The van der Waals surface area contributed by atoms with Crippen molar-refractivity contribution < 1.29 is 5.11 Å². The smallest absolute Gasteiger partial charge is 0.0985 e. The van der Waals surface area contributed by atoms with Crippen LogP contribution < -0.4 is 0 Å². The van der Waals surface area contributed by atoms with Gasteiger partial charge in [-0.3, -0.25) is 4.68 Å². The van der Waals surface area contributed by atoms with Crippen molar-refractivity contribution >= 4 is 0 Å². The summed E-state index contributed by atoms with van der Waals surface area (Å²) in [7, 11) is 0. The van der Waals surface area contributed by atoms with Gasteiger partial charge in [0.15, 0.2) is 0 Å². The molecule has 90 valence electrons. The van der Waals surface area contributed by atoms with E-state index in [2.05, 4.69) is 12.0 Å². The van der Waals surface area contributed by atoms with Crippen molar-refractivity contribution in [3.63, 3.8) is 0 Å². The average molecular weight is 230 g/mol. The molecule has 2 rings (SSSR count). The van der Waals surface area contributed by atoms with Crippen LogP contribution in [0.25, 0.3) is 0 Å². The first-order valence-corrected chi connectivity index (χ1v) is 5.83. The van der Waals surface area contributed by atoms with E-state index in [1.54, 1.807) is 0 Å². The molecule has 17 heavy (non-hydrogen) atoms. The van der Waals surface area contributed by atoms with Crippen LogP contribution in [0.1, 0.15) is 28.6 Å². The maximum atomic E-state index is 10.1. The van der Waals surface area contributed by atoms with E-state index < -0.39 is 6.10 Å². The quantitative estimate of drug-likeness (QED) is 0.880. The number of rotatable bonds is 3. The highest BCUT2D eigenvalue weighted by Gasteiger charge is 2.12. The second-order valence-electron chi connectivity index (χ2n) is 4.40. The van der Waals surface area contributed by atoms with Crippen LogP contribution in [0.4, 0.5) is 0 Å². The van der Waals surface area contributed by atoms with E-state index in [4.69, 9.17) is 0 Å². The topological polar surface area (TPSA) is 38.0 Å². The molecule has 0 fully saturated rings. The summed E-state index contributed by atoms with van der Waals surface area (Å²) in [4.78, 5) is 0. The van der Waals surface area contributed by atoms with Gasteiger partial charge >= 0.3 is 0 Å². The van der Waals surface area contributed by atoms with E-state index in [0.29, 0.717) is 6.54 Å². The Morgan fingerprint density at radius 2 is 1.82 bits per heavy atom. The summed E-state index contributed by atoms with van der Waals surface area (Å²) in [5.74, 6) is 0. The van der Waals surface area contributed by atoms with Crippen molar-refractivity contribution in [3.05, 3.63) is 52.8 Å². The Balaban J connectivity index is 2.19. The number of hydrogen-bond acceptors (Lipinski definition) is 2. The monoisotopic (exact) mass is 230 g/mol. The first-order chi connectivity index (χ1) is 8.09. The maximum absolute atomic E-state index is 10.1. The third kappa shape index (κ3) is 2.39. The Hall–Kier alpha value is -1.61. The summed E-state index contributed by atoms with van der Waals surface area (Å²) < 4.78 is 1.88. The molecule has 1 N–H and O–H groups in total. The second kappa shape index (κ2) is 4.72. The van der Waals surface area contributed by atoms with Gasteiger partial charge in [-0.2, -0.15) is 5.10 Å². The Morgan fingerprint density at radius 3 is 2.35 bits per heavy atom. The third-order valence-electron chi connectivity index (χ3n) is 3.27. The Kier molecular flexibility index (Phi) is 3.29. The van der Waals surface area contributed by atoms with E-state index in [0.717, 1.165) is 17.0 Å². The van der Waals surface area contributed by atoms with Crippen LogP contribution in [0.3, 0.4) is 0 Å². The average Bonchev–Trinajstić information content (AvgIpc) is 2.58. The van der Waals surface area contributed by atoms with Crippen LogP contribution in [0.5, 0.6) is 0 Å². The minimum absolute atomic E-state index is 0.504. The number of benzene rings is 1. The zero-order valence-corrected chi connectivity index (χ0v) is 10.5. The molecule has 0 aliphatic carbocycles. The van der Waals surface area contributed by atoms with Crippen molar-refractivity contribution in [1.82, 2.24) is 9.78 Å². The molecule has 0 saturated carbocycles. The van der Waals surface area contributed by atoms with Gasteiger partial charge in [0.1, 0.15) is 0 Å². The highest BCUT2D eigenvalue weighted by atomic mass is 16.3. The molecule has 1 heterocycles. The maximum Gasteiger partial charge on any atom is 0.0985 e. The van der Waals surface area contributed by atoms with Gasteiger partial charge in [0, 0.05) is 5.69 Å². The number of aryl methyl sites for hydroxylation is 1. The lowest BCUT2D eigenvalue weighted by molar-refractivity contribution is 0.150. The lowest BCUT2D eigenvalue weighted by atomic mass is 10.1. The molecule has 1 atom stereocenters. The largest absolute Gasteiger partial charge is 0.386 e. The van der Waals surface area contributed by atoms with Crippen molar-refractivity contribution in [1.29, 1.82) is 0 Å². The van der Waals surface area contributed by atoms with Gasteiger partial charge in [-0.05, 0) is 31.9 Å². The summed E-state index contributed by atoms with van der Waals surface area (Å²) >= 11 is 0. The van der Waals surface area contributed by atoms with Crippen molar-refractivity contribution in [2.45, 2.75) is 33.4 Å². The summed E-state index contributed by atoms with van der Waals surface area (Å²) in [6, 6.07) is 9.69. The summed E-state index contributed by atoms with van der Waals surface area (Å²) in [5, 5.41) is 14.6. The molecule has 0 spiro atoms. The van der Waals surface area contributed by atoms with Crippen LogP contribution in [-0.2, 0) is 6.54 Å². The van der Waals surface area contributed by atoms with Gasteiger partial charge < -0.3 is 5.11 Å². The van der Waals surface area contributed by atoms with E-state index in [-0.39, 0.29) is 0 Å². The molecule has 1 unspecified atom stereocenters. The summed E-state index contributed by atoms with van der Waals surface area (Å²) in [5.41, 5.74) is 4.28. The molecular formula is C14H18N2O. The summed E-state index contributed by atoms with van der Waals surface area (Å²) in [6.45, 7) is 6.59. The van der Waals surface area contributed by atoms with E-state index in [9.17, 15) is 5.11 Å². The fourth-order valence-electron chi connectivity index (χ4n) is 1.91. The first kappa shape index (κ1) is 11.9. The highest BCUT2D eigenvalue weighted by molar-refractivity contribution is 5.23.